The van der Waals surface area contributed by atoms with Crippen molar-refractivity contribution in [3.05, 3.63) is 18.5 Å². The molecule has 2 rings (SSSR count). The lowest BCUT2D eigenvalue weighted by Crippen LogP contribution is -2.35. The fourth-order valence-electron chi connectivity index (χ4n) is 2.62. The minimum atomic E-state index is 0.300. The highest BCUT2D eigenvalue weighted by molar-refractivity contribution is 5.55. The molecule has 0 saturated carbocycles. The molecule has 1 aliphatic heterocycles. The van der Waals surface area contributed by atoms with Crippen LogP contribution in [0.3, 0.4) is 0 Å². The van der Waals surface area contributed by atoms with Gasteiger partial charge in [-0.1, -0.05) is 0 Å². The maximum Gasteiger partial charge on any atom is 0.0573 e. The second kappa shape index (κ2) is 6.59. The van der Waals surface area contributed by atoms with Gasteiger partial charge in [0, 0.05) is 26.2 Å². The summed E-state index contributed by atoms with van der Waals surface area (Å²) in [4.78, 5) is 6.68. The molecular formula is C14H23N3O. The summed E-state index contributed by atoms with van der Waals surface area (Å²) in [6, 6.07) is 2.16. The second-order valence-corrected chi connectivity index (χ2v) is 4.93. The van der Waals surface area contributed by atoms with E-state index < -0.39 is 0 Å². The number of nitrogens with one attached hydrogen (secondary N) is 1. The van der Waals surface area contributed by atoms with Crippen molar-refractivity contribution >= 4 is 11.4 Å². The number of rotatable bonds is 5. The average molecular weight is 249 g/mol. The van der Waals surface area contributed by atoms with Gasteiger partial charge in [-0.05, 0) is 38.2 Å². The normalized spacial score (nSPS) is 19.9. The molecule has 0 aromatic carbocycles. The van der Waals surface area contributed by atoms with E-state index in [9.17, 15) is 0 Å². The Bertz CT molecular complexity index is 368. The van der Waals surface area contributed by atoms with Crippen LogP contribution in [0.4, 0.5) is 11.4 Å². The van der Waals surface area contributed by atoms with Gasteiger partial charge in [0.15, 0.2) is 0 Å². The summed E-state index contributed by atoms with van der Waals surface area (Å²) < 4.78 is 0. The number of anilines is 2. The molecule has 100 valence electrons. The highest BCUT2D eigenvalue weighted by atomic mass is 16.3. The van der Waals surface area contributed by atoms with Crippen molar-refractivity contribution in [2.24, 2.45) is 5.92 Å². The van der Waals surface area contributed by atoms with Crippen LogP contribution >= 0.6 is 0 Å². The van der Waals surface area contributed by atoms with Crippen LogP contribution in [0.25, 0.3) is 0 Å². The fourth-order valence-corrected chi connectivity index (χ4v) is 2.62. The Morgan fingerprint density at radius 1 is 1.50 bits per heavy atom. The van der Waals surface area contributed by atoms with Gasteiger partial charge in [-0.2, -0.15) is 0 Å². The maximum atomic E-state index is 9.05. The molecule has 1 saturated heterocycles. The predicted octanol–water partition coefficient (Wildman–Crippen LogP) is 2.11. The van der Waals surface area contributed by atoms with Crippen LogP contribution in [0.5, 0.6) is 0 Å². The van der Waals surface area contributed by atoms with Crippen molar-refractivity contribution in [3.63, 3.8) is 0 Å². The number of aromatic nitrogens is 1. The van der Waals surface area contributed by atoms with E-state index >= 15 is 0 Å². The Morgan fingerprint density at radius 3 is 3.17 bits per heavy atom. The fraction of sp³-hybridized carbons (Fsp3) is 0.643. The quantitative estimate of drug-likeness (QED) is 0.839. The van der Waals surface area contributed by atoms with E-state index in [0.717, 1.165) is 31.7 Å². The van der Waals surface area contributed by atoms with Crippen LogP contribution < -0.4 is 10.2 Å². The molecule has 1 aromatic rings. The molecule has 1 atom stereocenters. The Morgan fingerprint density at radius 2 is 2.39 bits per heavy atom. The van der Waals surface area contributed by atoms with Crippen molar-refractivity contribution in [1.82, 2.24) is 4.98 Å². The number of pyridine rings is 1. The van der Waals surface area contributed by atoms with Gasteiger partial charge in [0.1, 0.15) is 0 Å². The van der Waals surface area contributed by atoms with Gasteiger partial charge in [0.05, 0.1) is 23.8 Å². The largest absolute Gasteiger partial charge is 0.396 e. The van der Waals surface area contributed by atoms with E-state index in [2.05, 4.69) is 28.2 Å². The summed E-state index contributed by atoms with van der Waals surface area (Å²) in [6.07, 6.45) is 7.15. The maximum absolute atomic E-state index is 9.05. The molecule has 4 nitrogen and oxygen atoms in total. The third kappa shape index (κ3) is 3.35. The smallest absolute Gasteiger partial charge is 0.0573 e. The lowest BCUT2D eigenvalue weighted by molar-refractivity contribution is 0.244. The molecule has 0 aliphatic carbocycles. The first-order valence-corrected chi connectivity index (χ1v) is 6.88. The van der Waals surface area contributed by atoms with E-state index in [-0.39, 0.29) is 0 Å². The van der Waals surface area contributed by atoms with Crippen LogP contribution in [-0.2, 0) is 0 Å². The zero-order chi connectivity index (χ0) is 12.8. The molecule has 0 radical (unpaired) electrons. The number of piperidine rings is 1. The van der Waals surface area contributed by atoms with Crippen molar-refractivity contribution in [2.75, 3.05) is 36.5 Å². The molecule has 1 unspecified atom stereocenters. The number of hydrogen-bond donors (Lipinski definition) is 2. The van der Waals surface area contributed by atoms with Crippen LogP contribution in [-0.4, -0.2) is 36.3 Å². The van der Waals surface area contributed by atoms with Crippen LogP contribution in [0.15, 0.2) is 18.5 Å². The van der Waals surface area contributed by atoms with Crippen LogP contribution in [0.2, 0.25) is 0 Å². The molecule has 1 fully saturated rings. The van der Waals surface area contributed by atoms with E-state index in [4.69, 9.17) is 5.11 Å². The summed E-state index contributed by atoms with van der Waals surface area (Å²) in [5.74, 6) is 0.617. The van der Waals surface area contributed by atoms with Crippen LogP contribution in [0, 0.1) is 5.92 Å². The van der Waals surface area contributed by atoms with Gasteiger partial charge in [-0.3, -0.25) is 4.98 Å². The van der Waals surface area contributed by atoms with E-state index in [1.807, 2.05) is 12.4 Å². The van der Waals surface area contributed by atoms with Gasteiger partial charge in [-0.25, -0.2) is 0 Å². The van der Waals surface area contributed by atoms with Crippen molar-refractivity contribution in [3.8, 4) is 0 Å². The van der Waals surface area contributed by atoms with Gasteiger partial charge >= 0.3 is 0 Å². The minimum absolute atomic E-state index is 0.300. The first-order valence-electron chi connectivity index (χ1n) is 6.88. The van der Waals surface area contributed by atoms with Crippen molar-refractivity contribution < 1.29 is 5.11 Å². The minimum Gasteiger partial charge on any atom is -0.396 e. The van der Waals surface area contributed by atoms with Gasteiger partial charge < -0.3 is 15.3 Å². The molecule has 0 spiro atoms. The number of hydrogen-bond acceptors (Lipinski definition) is 4. The summed E-state index contributed by atoms with van der Waals surface area (Å²) in [7, 11) is 0. The molecule has 2 N–H and O–H groups in total. The first-order chi connectivity index (χ1) is 8.83. The van der Waals surface area contributed by atoms with Crippen molar-refractivity contribution in [1.29, 1.82) is 0 Å². The van der Waals surface area contributed by atoms with E-state index in [1.165, 1.54) is 18.5 Å². The number of nitrogens with zero attached hydrogens (tertiary/aromatic N) is 2. The third-order valence-corrected chi connectivity index (χ3v) is 3.53. The SMILES string of the molecule is CCNc1cncc(N2CCCC(CCO)C2)c1. The van der Waals surface area contributed by atoms with Crippen molar-refractivity contribution in [2.45, 2.75) is 26.2 Å². The molecule has 1 aliphatic rings. The molecular weight excluding hydrogens is 226 g/mol. The van der Waals surface area contributed by atoms with Gasteiger partial charge in [0.25, 0.3) is 0 Å². The Balaban J connectivity index is 2.03. The molecule has 0 amide bonds. The molecule has 4 heteroatoms. The Labute approximate surface area is 109 Å². The highest BCUT2D eigenvalue weighted by Crippen LogP contribution is 2.25. The lowest BCUT2D eigenvalue weighted by Gasteiger charge is -2.34. The molecule has 2 heterocycles. The zero-order valence-corrected chi connectivity index (χ0v) is 11.1. The standard InChI is InChI=1S/C14H23N3O/c1-2-16-13-8-14(10-15-9-13)17-6-3-4-12(11-17)5-7-18/h8-10,12,16,18H,2-7,11H2,1H3. The summed E-state index contributed by atoms with van der Waals surface area (Å²) in [5.41, 5.74) is 2.27. The molecule has 18 heavy (non-hydrogen) atoms. The predicted molar refractivity (Wildman–Crippen MR) is 75.0 cm³/mol. The van der Waals surface area contributed by atoms with Crippen LogP contribution in [0.1, 0.15) is 26.2 Å². The number of aliphatic hydroxyl groups excluding tert-OH is 1. The highest BCUT2D eigenvalue weighted by Gasteiger charge is 2.19. The summed E-state index contributed by atoms with van der Waals surface area (Å²) in [5, 5.41) is 12.3. The third-order valence-electron chi connectivity index (χ3n) is 3.53. The van der Waals surface area contributed by atoms with Gasteiger partial charge in [0.2, 0.25) is 0 Å². The number of aliphatic hydroxyl groups is 1. The Hall–Kier alpha value is -1.29. The van der Waals surface area contributed by atoms with Gasteiger partial charge in [-0.15, -0.1) is 0 Å². The second-order valence-electron chi connectivity index (χ2n) is 4.93. The monoisotopic (exact) mass is 249 g/mol. The van der Waals surface area contributed by atoms with E-state index in [1.54, 1.807) is 0 Å². The summed E-state index contributed by atoms with van der Waals surface area (Å²) in [6.45, 7) is 5.44. The topological polar surface area (TPSA) is 48.4 Å². The average Bonchev–Trinajstić information content (AvgIpc) is 2.40. The van der Waals surface area contributed by atoms with E-state index in [0.29, 0.717) is 12.5 Å². The zero-order valence-electron chi connectivity index (χ0n) is 11.1. The molecule has 0 bridgehead atoms. The molecule has 1 aromatic heterocycles. The Kier molecular flexibility index (Phi) is 4.81. The lowest BCUT2D eigenvalue weighted by atomic mass is 9.95. The summed E-state index contributed by atoms with van der Waals surface area (Å²) >= 11 is 0. The first kappa shape index (κ1) is 13.1.